The minimum atomic E-state index is -0.515. The lowest BCUT2D eigenvalue weighted by Gasteiger charge is -2.19. The van der Waals surface area contributed by atoms with Crippen LogP contribution in [0.4, 0.5) is 4.79 Å². The number of rotatable bonds is 5. The van der Waals surface area contributed by atoms with E-state index in [1.165, 1.54) is 0 Å². The first-order valence-electron chi connectivity index (χ1n) is 7.71. The van der Waals surface area contributed by atoms with Crippen LogP contribution in [-0.4, -0.2) is 23.6 Å². The monoisotopic (exact) mass is 321 g/mol. The van der Waals surface area contributed by atoms with Gasteiger partial charge in [0.25, 0.3) is 0 Å². The molecular weight excluding hydrogens is 294 g/mol. The number of hydrogen-bond donors (Lipinski definition) is 3. The van der Waals surface area contributed by atoms with E-state index in [2.05, 4.69) is 10.6 Å². The zero-order chi connectivity index (χ0) is 17.6. The number of amides is 2. The number of nitrogens with two attached hydrogens (primary N) is 1. The van der Waals surface area contributed by atoms with E-state index in [4.69, 9.17) is 10.5 Å². The molecule has 6 nitrogen and oxygen atoms in total. The molecule has 1 unspecified atom stereocenters. The molecular formula is C17H27N3O3. The smallest absolute Gasteiger partial charge is 0.410 e. The third kappa shape index (κ3) is 7.15. The van der Waals surface area contributed by atoms with Crippen LogP contribution < -0.4 is 21.1 Å². The predicted octanol–water partition coefficient (Wildman–Crippen LogP) is 2.17. The fourth-order valence-electron chi connectivity index (χ4n) is 1.72. The van der Waals surface area contributed by atoms with Crippen molar-refractivity contribution < 1.29 is 14.3 Å². The SMILES string of the molecule is CC(C)C(N)C(=O)NCc1ccc(OC(=O)NC(C)(C)C)cc1. The number of hydrogen-bond acceptors (Lipinski definition) is 4. The standard InChI is InChI=1S/C17H27N3O3/c1-11(2)14(18)15(21)19-10-12-6-8-13(9-7-12)23-16(22)20-17(3,4)5/h6-9,11,14H,10,18H2,1-5H3,(H,19,21)(H,20,22). The molecule has 0 bridgehead atoms. The molecule has 6 heteroatoms. The first-order chi connectivity index (χ1) is 10.6. The van der Waals surface area contributed by atoms with Gasteiger partial charge in [0.1, 0.15) is 5.75 Å². The fraction of sp³-hybridized carbons (Fsp3) is 0.529. The lowest BCUT2D eigenvalue weighted by molar-refractivity contribution is -0.123. The number of ether oxygens (including phenoxy) is 1. The van der Waals surface area contributed by atoms with Crippen LogP contribution in [0.1, 0.15) is 40.2 Å². The van der Waals surface area contributed by atoms with Gasteiger partial charge in [0.05, 0.1) is 6.04 Å². The Hall–Kier alpha value is -2.08. The van der Waals surface area contributed by atoms with Gasteiger partial charge in [0.2, 0.25) is 5.91 Å². The molecule has 0 aromatic heterocycles. The Kier molecular flexibility index (Phi) is 6.57. The van der Waals surface area contributed by atoms with Gasteiger partial charge in [-0.25, -0.2) is 4.79 Å². The van der Waals surface area contributed by atoms with E-state index in [0.29, 0.717) is 12.3 Å². The Balaban J connectivity index is 2.51. The number of carbonyl (C=O) groups is 2. The Morgan fingerprint density at radius 1 is 1.17 bits per heavy atom. The number of nitrogens with one attached hydrogen (secondary N) is 2. The molecule has 0 fully saturated rings. The highest BCUT2D eigenvalue weighted by Gasteiger charge is 2.17. The Labute approximate surface area is 137 Å². The highest BCUT2D eigenvalue weighted by atomic mass is 16.6. The van der Waals surface area contributed by atoms with Crippen molar-refractivity contribution in [1.29, 1.82) is 0 Å². The molecule has 4 N–H and O–H groups in total. The molecule has 1 aromatic rings. The van der Waals surface area contributed by atoms with Gasteiger partial charge in [-0.15, -0.1) is 0 Å². The maximum Gasteiger partial charge on any atom is 0.413 e. The van der Waals surface area contributed by atoms with E-state index in [0.717, 1.165) is 5.56 Å². The van der Waals surface area contributed by atoms with Crippen LogP contribution in [0.5, 0.6) is 5.75 Å². The average Bonchev–Trinajstić information content (AvgIpc) is 2.43. The molecule has 2 amide bonds. The van der Waals surface area contributed by atoms with E-state index in [-0.39, 0.29) is 17.4 Å². The van der Waals surface area contributed by atoms with Crippen molar-refractivity contribution in [3.05, 3.63) is 29.8 Å². The first kappa shape index (κ1) is 19.0. The molecule has 0 aliphatic heterocycles. The first-order valence-corrected chi connectivity index (χ1v) is 7.71. The minimum absolute atomic E-state index is 0.0899. The maximum atomic E-state index is 11.8. The molecule has 128 valence electrons. The summed E-state index contributed by atoms with van der Waals surface area (Å²) in [6.45, 7) is 9.82. The summed E-state index contributed by atoms with van der Waals surface area (Å²) in [5.41, 5.74) is 6.33. The lowest BCUT2D eigenvalue weighted by Crippen LogP contribution is -2.43. The van der Waals surface area contributed by atoms with E-state index < -0.39 is 12.1 Å². The van der Waals surface area contributed by atoms with Crippen LogP contribution >= 0.6 is 0 Å². The minimum Gasteiger partial charge on any atom is -0.410 e. The predicted molar refractivity (Wildman–Crippen MR) is 90.0 cm³/mol. The van der Waals surface area contributed by atoms with Gasteiger partial charge in [-0.2, -0.15) is 0 Å². The molecule has 0 saturated carbocycles. The van der Waals surface area contributed by atoms with Gasteiger partial charge in [0.15, 0.2) is 0 Å². The third-order valence-corrected chi connectivity index (χ3v) is 3.10. The van der Waals surface area contributed by atoms with Gasteiger partial charge in [0, 0.05) is 12.1 Å². The normalized spacial score (nSPS) is 12.7. The highest BCUT2D eigenvalue weighted by Crippen LogP contribution is 2.13. The summed E-state index contributed by atoms with van der Waals surface area (Å²) in [6, 6.07) is 6.44. The zero-order valence-electron chi connectivity index (χ0n) is 14.5. The summed E-state index contributed by atoms with van der Waals surface area (Å²) in [6.07, 6.45) is -0.499. The summed E-state index contributed by atoms with van der Waals surface area (Å²) in [5.74, 6) is 0.359. The van der Waals surface area contributed by atoms with Crippen LogP contribution in [0, 0.1) is 5.92 Å². The van der Waals surface area contributed by atoms with Gasteiger partial charge in [-0.3, -0.25) is 4.79 Å². The molecule has 1 atom stereocenters. The van der Waals surface area contributed by atoms with Gasteiger partial charge in [-0.05, 0) is 44.4 Å². The quantitative estimate of drug-likeness (QED) is 0.775. The highest BCUT2D eigenvalue weighted by molar-refractivity contribution is 5.81. The second-order valence-corrected chi connectivity index (χ2v) is 6.90. The molecule has 1 aromatic carbocycles. The van der Waals surface area contributed by atoms with Crippen molar-refractivity contribution in [3.8, 4) is 5.75 Å². The average molecular weight is 321 g/mol. The Morgan fingerprint density at radius 2 is 1.74 bits per heavy atom. The van der Waals surface area contributed by atoms with Crippen LogP contribution in [0.2, 0.25) is 0 Å². The van der Waals surface area contributed by atoms with Crippen molar-refractivity contribution in [3.63, 3.8) is 0 Å². The summed E-state index contributed by atoms with van der Waals surface area (Å²) in [5, 5.41) is 5.50. The van der Waals surface area contributed by atoms with Gasteiger partial charge < -0.3 is 21.1 Å². The molecule has 23 heavy (non-hydrogen) atoms. The van der Waals surface area contributed by atoms with E-state index in [1.54, 1.807) is 24.3 Å². The Morgan fingerprint density at radius 3 is 2.22 bits per heavy atom. The van der Waals surface area contributed by atoms with Crippen molar-refractivity contribution >= 4 is 12.0 Å². The maximum absolute atomic E-state index is 11.8. The number of benzene rings is 1. The van der Waals surface area contributed by atoms with E-state index in [1.807, 2.05) is 34.6 Å². The zero-order valence-corrected chi connectivity index (χ0v) is 14.5. The summed E-state index contributed by atoms with van der Waals surface area (Å²) in [4.78, 5) is 23.5. The summed E-state index contributed by atoms with van der Waals surface area (Å²) < 4.78 is 5.18. The molecule has 0 aliphatic rings. The molecule has 0 radical (unpaired) electrons. The van der Waals surface area contributed by atoms with E-state index >= 15 is 0 Å². The molecule has 0 spiro atoms. The van der Waals surface area contributed by atoms with Gasteiger partial charge >= 0.3 is 6.09 Å². The largest absolute Gasteiger partial charge is 0.413 e. The van der Waals surface area contributed by atoms with E-state index in [9.17, 15) is 9.59 Å². The lowest BCUT2D eigenvalue weighted by atomic mass is 10.0. The van der Waals surface area contributed by atoms with Crippen molar-refractivity contribution in [2.75, 3.05) is 0 Å². The van der Waals surface area contributed by atoms with Crippen LogP contribution in [-0.2, 0) is 11.3 Å². The number of carbonyl (C=O) groups excluding carboxylic acids is 2. The van der Waals surface area contributed by atoms with Crippen molar-refractivity contribution in [1.82, 2.24) is 10.6 Å². The summed E-state index contributed by atoms with van der Waals surface area (Å²) >= 11 is 0. The summed E-state index contributed by atoms with van der Waals surface area (Å²) in [7, 11) is 0. The third-order valence-electron chi connectivity index (χ3n) is 3.10. The van der Waals surface area contributed by atoms with Crippen LogP contribution in [0.3, 0.4) is 0 Å². The second-order valence-electron chi connectivity index (χ2n) is 6.90. The Bertz CT molecular complexity index is 533. The van der Waals surface area contributed by atoms with Crippen molar-refractivity contribution in [2.24, 2.45) is 11.7 Å². The van der Waals surface area contributed by atoms with Crippen LogP contribution in [0.25, 0.3) is 0 Å². The van der Waals surface area contributed by atoms with Crippen molar-refractivity contribution in [2.45, 2.75) is 52.7 Å². The van der Waals surface area contributed by atoms with Crippen LogP contribution in [0.15, 0.2) is 24.3 Å². The fourth-order valence-corrected chi connectivity index (χ4v) is 1.72. The topological polar surface area (TPSA) is 93.5 Å². The molecule has 0 saturated heterocycles. The second kappa shape index (κ2) is 7.97. The van der Waals surface area contributed by atoms with Gasteiger partial charge in [-0.1, -0.05) is 26.0 Å². The molecule has 0 heterocycles. The molecule has 0 aliphatic carbocycles. The molecule has 1 rings (SSSR count).